The molecule has 98 valence electrons. The molecular formula is C15H22N2O. The van der Waals surface area contributed by atoms with Crippen LogP contribution >= 0.6 is 0 Å². The third kappa shape index (κ3) is 2.10. The molecule has 0 saturated carbocycles. The van der Waals surface area contributed by atoms with Crippen LogP contribution in [0.4, 0.5) is 0 Å². The van der Waals surface area contributed by atoms with Crippen LogP contribution in [0.3, 0.4) is 0 Å². The molecule has 0 unspecified atom stereocenters. The molecular weight excluding hydrogens is 224 g/mol. The lowest BCUT2D eigenvalue weighted by molar-refractivity contribution is 0.415. The zero-order valence-corrected chi connectivity index (χ0v) is 11.8. The van der Waals surface area contributed by atoms with Crippen LogP contribution in [0.1, 0.15) is 39.4 Å². The van der Waals surface area contributed by atoms with Crippen molar-refractivity contribution in [3.63, 3.8) is 0 Å². The summed E-state index contributed by atoms with van der Waals surface area (Å²) in [6.07, 6.45) is 0. The Labute approximate surface area is 109 Å². The van der Waals surface area contributed by atoms with Gasteiger partial charge in [-0.05, 0) is 45.9 Å². The Bertz CT molecular complexity index is 562. The summed E-state index contributed by atoms with van der Waals surface area (Å²) in [6.45, 7) is 8.43. The third-order valence-electron chi connectivity index (χ3n) is 3.23. The van der Waals surface area contributed by atoms with Gasteiger partial charge in [0, 0.05) is 23.2 Å². The first-order valence-corrected chi connectivity index (χ1v) is 6.33. The highest BCUT2D eigenvalue weighted by atomic mass is 16.5. The maximum Gasteiger partial charge on any atom is 0.120 e. The maximum atomic E-state index is 6.28. The Morgan fingerprint density at radius 3 is 2.39 bits per heavy atom. The molecule has 0 spiro atoms. The summed E-state index contributed by atoms with van der Waals surface area (Å²) in [5, 5.41) is 1.21. The van der Waals surface area contributed by atoms with Gasteiger partial charge in [0.05, 0.1) is 18.2 Å². The van der Waals surface area contributed by atoms with Gasteiger partial charge in [-0.15, -0.1) is 0 Å². The summed E-state index contributed by atoms with van der Waals surface area (Å²) in [5.74, 6) is 0.879. The zero-order valence-electron chi connectivity index (χ0n) is 11.8. The quantitative estimate of drug-likeness (QED) is 0.901. The van der Waals surface area contributed by atoms with E-state index in [1.54, 1.807) is 7.11 Å². The molecule has 0 bridgehead atoms. The molecule has 2 aromatic rings. The Balaban J connectivity index is 2.77. The molecule has 2 rings (SSSR count). The summed E-state index contributed by atoms with van der Waals surface area (Å²) in [7, 11) is 1.69. The summed E-state index contributed by atoms with van der Waals surface area (Å²) < 4.78 is 7.60. The number of aromatic nitrogens is 1. The van der Waals surface area contributed by atoms with E-state index in [4.69, 9.17) is 10.5 Å². The number of nitrogens with two attached hydrogens (primary N) is 1. The van der Waals surface area contributed by atoms with E-state index >= 15 is 0 Å². The van der Waals surface area contributed by atoms with Crippen LogP contribution in [-0.2, 0) is 5.54 Å². The van der Waals surface area contributed by atoms with Crippen LogP contribution in [0.15, 0.2) is 24.3 Å². The standard InChI is InChI=1S/C15H22N2O/c1-10(2)17-13-9-12(18-5)7-6-11(13)8-14(17)15(3,4)16/h6-10H,16H2,1-5H3. The lowest BCUT2D eigenvalue weighted by Crippen LogP contribution is -2.32. The molecule has 0 radical (unpaired) electrons. The Morgan fingerprint density at radius 2 is 1.89 bits per heavy atom. The molecule has 0 aliphatic rings. The third-order valence-corrected chi connectivity index (χ3v) is 3.23. The Morgan fingerprint density at radius 1 is 1.22 bits per heavy atom. The molecule has 0 aliphatic carbocycles. The molecule has 2 N–H and O–H groups in total. The number of rotatable bonds is 3. The van der Waals surface area contributed by atoms with E-state index in [0.717, 1.165) is 11.4 Å². The zero-order chi connectivity index (χ0) is 13.5. The monoisotopic (exact) mass is 246 g/mol. The minimum atomic E-state index is -0.351. The summed E-state index contributed by atoms with van der Waals surface area (Å²) in [6, 6.07) is 8.69. The molecule has 3 heteroatoms. The fraction of sp³-hybridized carbons (Fsp3) is 0.467. The van der Waals surface area contributed by atoms with Gasteiger partial charge < -0.3 is 15.0 Å². The van der Waals surface area contributed by atoms with Gasteiger partial charge in [-0.1, -0.05) is 0 Å². The fourth-order valence-corrected chi connectivity index (χ4v) is 2.38. The summed E-state index contributed by atoms with van der Waals surface area (Å²) in [4.78, 5) is 0. The van der Waals surface area contributed by atoms with E-state index in [1.807, 2.05) is 19.9 Å². The average Bonchev–Trinajstić information content (AvgIpc) is 2.66. The van der Waals surface area contributed by atoms with E-state index in [-0.39, 0.29) is 5.54 Å². The van der Waals surface area contributed by atoms with Gasteiger partial charge >= 0.3 is 0 Å². The van der Waals surface area contributed by atoms with Crippen molar-refractivity contribution >= 4 is 10.9 Å². The van der Waals surface area contributed by atoms with Gasteiger partial charge in [0.15, 0.2) is 0 Å². The minimum Gasteiger partial charge on any atom is -0.497 e. The van der Waals surface area contributed by atoms with Crippen LogP contribution in [0.2, 0.25) is 0 Å². The van der Waals surface area contributed by atoms with Gasteiger partial charge in [-0.25, -0.2) is 0 Å². The van der Waals surface area contributed by atoms with Crippen molar-refractivity contribution in [3.05, 3.63) is 30.0 Å². The van der Waals surface area contributed by atoms with Crippen LogP contribution < -0.4 is 10.5 Å². The number of methoxy groups -OCH3 is 1. The van der Waals surface area contributed by atoms with Crippen molar-refractivity contribution in [1.82, 2.24) is 4.57 Å². The fourth-order valence-electron chi connectivity index (χ4n) is 2.38. The van der Waals surface area contributed by atoms with Crippen molar-refractivity contribution in [2.45, 2.75) is 39.3 Å². The molecule has 18 heavy (non-hydrogen) atoms. The average molecular weight is 246 g/mol. The maximum absolute atomic E-state index is 6.28. The molecule has 0 aliphatic heterocycles. The number of benzene rings is 1. The highest BCUT2D eigenvalue weighted by molar-refractivity contribution is 5.83. The van der Waals surface area contributed by atoms with Crippen molar-refractivity contribution in [2.75, 3.05) is 7.11 Å². The number of hydrogen-bond donors (Lipinski definition) is 1. The SMILES string of the molecule is COc1ccc2cc(C(C)(C)N)n(C(C)C)c2c1. The van der Waals surface area contributed by atoms with Gasteiger partial charge in [0.25, 0.3) is 0 Å². The predicted molar refractivity (Wildman–Crippen MR) is 76.1 cm³/mol. The summed E-state index contributed by atoms with van der Waals surface area (Å²) >= 11 is 0. The van der Waals surface area contributed by atoms with E-state index in [1.165, 1.54) is 10.9 Å². The Hall–Kier alpha value is -1.48. The smallest absolute Gasteiger partial charge is 0.120 e. The van der Waals surface area contributed by atoms with Crippen molar-refractivity contribution < 1.29 is 4.74 Å². The van der Waals surface area contributed by atoms with E-state index in [2.05, 4.69) is 36.6 Å². The highest BCUT2D eigenvalue weighted by Gasteiger charge is 2.22. The molecule has 1 aromatic heterocycles. The highest BCUT2D eigenvalue weighted by Crippen LogP contribution is 2.31. The molecule has 0 atom stereocenters. The van der Waals surface area contributed by atoms with Gasteiger partial charge in [-0.2, -0.15) is 0 Å². The van der Waals surface area contributed by atoms with Gasteiger partial charge in [0.2, 0.25) is 0 Å². The second kappa shape index (κ2) is 4.32. The minimum absolute atomic E-state index is 0.351. The molecule has 0 amide bonds. The number of fused-ring (bicyclic) bond motifs is 1. The lowest BCUT2D eigenvalue weighted by Gasteiger charge is -2.24. The number of ether oxygens (including phenoxy) is 1. The molecule has 1 heterocycles. The second-order valence-corrected chi connectivity index (χ2v) is 5.64. The van der Waals surface area contributed by atoms with Crippen molar-refractivity contribution in [3.8, 4) is 5.75 Å². The van der Waals surface area contributed by atoms with E-state index < -0.39 is 0 Å². The first kappa shape index (κ1) is 13.0. The van der Waals surface area contributed by atoms with Crippen LogP contribution in [0.5, 0.6) is 5.75 Å². The number of hydrogen-bond acceptors (Lipinski definition) is 2. The topological polar surface area (TPSA) is 40.2 Å². The Kier molecular flexibility index (Phi) is 3.11. The normalized spacial score (nSPS) is 12.4. The van der Waals surface area contributed by atoms with E-state index in [9.17, 15) is 0 Å². The van der Waals surface area contributed by atoms with Gasteiger partial charge in [0.1, 0.15) is 5.75 Å². The predicted octanol–water partition coefficient (Wildman–Crippen LogP) is 3.42. The molecule has 0 saturated heterocycles. The van der Waals surface area contributed by atoms with E-state index in [0.29, 0.717) is 6.04 Å². The van der Waals surface area contributed by atoms with Crippen molar-refractivity contribution in [2.24, 2.45) is 5.73 Å². The van der Waals surface area contributed by atoms with Crippen LogP contribution in [-0.4, -0.2) is 11.7 Å². The molecule has 0 fully saturated rings. The second-order valence-electron chi connectivity index (χ2n) is 5.64. The molecule has 1 aromatic carbocycles. The molecule has 3 nitrogen and oxygen atoms in total. The van der Waals surface area contributed by atoms with Gasteiger partial charge in [-0.3, -0.25) is 0 Å². The summed E-state index contributed by atoms with van der Waals surface area (Å²) in [5.41, 5.74) is 8.26. The van der Waals surface area contributed by atoms with Crippen LogP contribution in [0, 0.1) is 0 Å². The largest absolute Gasteiger partial charge is 0.497 e. The first-order chi connectivity index (χ1) is 8.34. The van der Waals surface area contributed by atoms with Crippen LogP contribution in [0.25, 0.3) is 10.9 Å². The first-order valence-electron chi connectivity index (χ1n) is 6.33. The number of nitrogens with zero attached hydrogens (tertiary/aromatic N) is 1. The lowest BCUT2D eigenvalue weighted by atomic mass is 10.0. The van der Waals surface area contributed by atoms with Crippen molar-refractivity contribution in [1.29, 1.82) is 0 Å².